The lowest BCUT2D eigenvalue weighted by molar-refractivity contribution is -0.122. The molecule has 1 N–H and O–H groups in total. The van der Waals surface area contributed by atoms with Crippen molar-refractivity contribution in [2.24, 2.45) is 0 Å². The van der Waals surface area contributed by atoms with Crippen molar-refractivity contribution in [1.29, 1.82) is 0 Å². The van der Waals surface area contributed by atoms with E-state index in [9.17, 15) is 17.6 Å². The minimum atomic E-state index is -3.73. The van der Waals surface area contributed by atoms with E-state index in [0.29, 0.717) is 0 Å². The van der Waals surface area contributed by atoms with Crippen molar-refractivity contribution < 1.29 is 17.6 Å². The van der Waals surface area contributed by atoms with Crippen LogP contribution in [0.3, 0.4) is 0 Å². The molecule has 2 aromatic rings. The molecule has 150 valence electrons. The summed E-state index contributed by atoms with van der Waals surface area (Å²) in [6, 6.07) is 10.0. The minimum Gasteiger partial charge on any atom is -0.348 e. The molecular weight excluding hydrogens is 379 g/mol. The van der Waals surface area contributed by atoms with Gasteiger partial charge in [-0.3, -0.25) is 9.10 Å². The number of nitrogens with zero attached hydrogens (tertiary/aromatic N) is 1. The molecule has 0 fully saturated rings. The third kappa shape index (κ3) is 4.35. The summed E-state index contributed by atoms with van der Waals surface area (Å²) >= 11 is 0. The molecule has 0 spiro atoms. The second-order valence-corrected chi connectivity index (χ2v) is 9.18. The van der Waals surface area contributed by atoms with Gasteiger partial charge in [-0.25, -0.2) is 12.8 Å². The van der Waals surface area contributed by atoms with Gasteiger partial charge in [0.05, 0.1) is 18.0 Å². The van der Waals surface area contributed by atoms with Crippen LogP contribution in [0.5, 0.6) is 0 Å². The maximum atomic E-state index is 13.2. The molecule has 0 heterocycles. The van der Waals surface area contributed by atoms with Crippen LogP contribution in [0.4, 0.5) is 10.1 Å². The van der Waals surface area contributed by atoms with Gasteiger partial charge in [0, 0.05) is 0 Å². The number of sulfonamides is 1. The molecule has 0 radical (unpaired) electrons. The summed E-state index contributed by atoms with van der Waals surface area (Å²) in [6.45, 7) is 3.40. The second kappa shape index (κ2) is 7.91. The van der Waals surface area contributed by atoms with E-state index in [0.717, 1.165) is 35.4 Å². The van der Waals surface area contributed by atoms with E-state index in [1.165, 1.54) is 42.3 Å². The lowest BCUT2D eigenvalue weighted by atomic mass is 10.0. The van der Waals surface area contributed by atoms with Crippen LogP contribution in [0.15, 0.2) is 42.5 Å². The van der Waals surface area contributed by atoms with Gasteiger partial charge in [-0.05, 0) is 74.1 Å². The number of carbonyl (C=O) groups excluding carboxylic acids is 1. The SMILES string of the molecule is C[C@H](C(=O)N[C@H](C)c1ccc2c(c1)CCC2)N(c1ccc(F)cc1)S(C)(=O)=O. The van der Waals surface area contributed by atoms with Gasteiger partial charge in [0.1, 0.15) is 11.9 Å². The standard InChI is InChI=1S/C21H25FN2O3S/c1-14(17-8-7-16-5-4-6-18(16)13-17)23-21(25)15(2)24(28(3,26)27)20-11-9-19(22)10-12-20/h7-15H,4-6H2,1-3H3,(H,23,25)/t14-,15-/m1/s1. The Labute approximate surface area is 165 Å². The number of rotatable bonds is 6. The second-order valence-electron chi connectivity index (χ2n) is 7.32. The topological polar surface area (TPSA) is 66.5 Å². The Morgan fingerprint density at radius 3 is 2.36 bits per heavy atom. The summed E-state index contributed by atoms with van der Waals surface area (Å²) in [4.78, 5) is 12.8. The number of hydrogen-bond acceptors (Lipinski definition) is 3. The van der Waals surface area contributed by atoms with Gasteiger partial charge in [-0.15, -0.1) is 0 Å². The van der Waals surface area contributed by atoms with E-state index in [1.807, 2.05) is 13.0 Å². The van der Waals surface area contributed by atoms with E-state index in [4.69, 9.17) is 0 Å². The summed E-state index contributed by atoms with van der Waals surface area (Å²) < 4.78 is 38.8. The van der Waals surface area contributed by atoms with Crippen LogP contribution >= 0.6 is 0 Å². The first-order valence-corrected chi connectivity index (χ1v) is 11.2. The van der Waals surface area contributed by atoms with Gasteiger partial charge in [-0.1, -0.05) is 18.2 Å². The summed E-state index contributed by atoms with van der Waals surface area (Å²) in [6.07, 6.45) is 4.32. The van der Waals surface area contributed by atoms with E-state index >= 15 is 0 Å². The molecule has 28 heavy (non-hydrogen) atoms. The highest BCUT2D eigenvalue weighted by atomic mass is 32.2. The van der Waals surface area contributed by atoms with Crippen LogP contribution in [0.25, 0.3) is 0 Å². The first kappa shape index (κ1) is 20.3. The molecule has 2 atom stereocenters. The number of aryl methyl sites for hydroxylation is 2. The van der Waals surface area contributed by atoms with Gasteiger partial charge >= 0.3 is 0 Å². The van der Waals surface area contributed by atoms with Gasteiger partial charge in [0.2, 0.25) is 15.9 Å². The fraction of sp³-hybridized carbons (Fsp3) is 0.381. The van der Waals surface area contributed by atoms with Crippen molar-refractivity contribution in [2.45, 2.75) is 45.2 Å². The average Bonchev–Trinajstić information content (AvgIpc) is 3.10. The predicted octanol–water partition coefficient (Wildman–Crippen LogP) is 3.35. The smallest absolute Gasteiger partial charge is 0.244 e. The van der Waals surface area contributed by atoms with Crippen LogP contribution in [-0.2, 0) is 27.7 Å². The number of carbonyl (C=O) groups is 1. The van der Waals surface area contributed by atoms with E-state index in [-0.39, 0.29) is 11.7 Å². The molecule has 0 unspecified atom stereocenters. The summed E-state index contributed by atoms with van der Waals surface area (Å²) in [5, 5.41) is 2.90. The van der Waals surface area contributed by atoms with Crippen molar-refractivity contribution in [3.8, 4) is 0 Å². The molecule has 1 aliphatic rings. The fourth-order valence-corrected chi connectivity index (χ4v) is 4.85. The van der Waals surface area contributed by atoms with Crippen LogP contribution in [-0.4, -0.2) is 26.6 Å². The maximum Gasteiger partial charge on any atom is 0.244 e. The zero-order valence-corrected chi connectivity index (χ0v) is 17.1. The zero-order valence-electron chi connectivity index (χ0n) is 16.3. The lowest BCUT2D eigenvalue weighted by Crippen LogP contribution is -2.48. The Bertz CT molecular complexity index is 974. The highest BCUT2D eigenvalue weighted by Gasteiger charge is 2.30. The molecule has 0 aromatic heterocycles. The Morgan fingerprint density at radius 1 is 1.07 bits per heavy atom. The van der Waals surface area contributed by atoms with E-state index in [1.54, 1.807) is 0 Å². The number of nitrogens with one attached hydrogen (secondary N) is 1. The van der Waals surface area contributed by atoms with E-state index < -0.39 is 27.8 Å². The summed E-state index contributed by atoms with van der Waals surface area (Å²) in [7, 11) is -3.73. The molecule has 0 saturated heterocycles. The molecule has 3 rings (SSSR count). The van der Waals surface area contributed by atoms with Crippen LogP contribution in [0, 0.1) is 5.82 Å². The Balaban J connectivity index is 1.78. The summed E-state index contributed by atoms with van der Waals surface area (Å²) in [5.41, 5.74) is 3.91. The molecule has 5 nitrogen and oxygen atoms in total. The number of benzene rings is 2. The Morgan fingerprint density at radius 2 is 1.71 bits per heavy atom. The number of fused-ring (bicyclic) bond motifs is 1. The van der Waals surface area contributed by atoms with Gasteiger partial charge in [0.25, 0.3) is 0 Å². The normalized spacial score (nSPS) is 15.6. The van der Waals surface area contributed by atoms with Gasteiger partial charge in [0.15, 0.2) is 0 Å². The van der Waals surface area contributed by atoms with Crippen molar-refractivity contribution in [3.63, 3.8) is 0 Å². The lowest BCUT2D eigenvalue weighted by Gasteiger charge is -2.29. The molecule has 1 amide bonds. The van der Waals surface area contributed by atoms with Crippen LogP contribution in [0.1, 0.15) is 43.0 Å². The van der Waals surface area contributed by atoms with Gasteiger partial charge in [-0.2, -0.15) is 0 Å². The predicted molar refractivity (Wildman–Crippen MR) is 108 cm³/mol. The molecule has 7 heteroatoms. The molecular formula is C21H25FN2O3S. The van der Waals surface area contributed by atoms with E-state index in [2.05, 4.69) is 17.4 Å². The molecule has 0 saturated carbocycles. The molecule has 0 bridgehead atoms. The van der Waals surface area contributed by atoms with Crippen LogP contribution in [0.2, 0.25) is 0 Å². The highest BCUT2D eigenvalue weighted by molar-refractivity contribution is 7.92. The van der Waals surface area contributed by atoms with Crippen molar-refractivity contribution >= 4 is 21.6 Å². The quantitative estimate of drug-likeness (QED) is 0.803. The summed E-state index contributed by atoms with van der Waals surface area (Å²) in [5.74, 6) is -0.887. The number of hydrogen-bond donors (Lipinski definition) is 1. The first-order chi connectivity index (χ1) is 13.2. The number of halogens is 1. The largest absolute Gasteiger partial charge is 0.348 e. The van der Waals surface area contributed by atoms with Crippen molar-refractivity contribution in [1.82, 2.24) is 5.32 Å². The first-order valence-electron chi connectivity index (χ1n) is 9.34. The minimum absolute atomic E-state index is 0.247. The average molecular weight is 405 g/mol. The Kier molecular flexibility index (Phi) is 5.74. The molecule has 0 aliphatic heterocycles. The number of amides is 1. The van der Waals surface area contributed by atoms with Gasteiger partial charge < -0.3 is 5.32 Å². The molecule has 1 aliphatic carbocycles. The maximum absolute atomic E-state index is 13.2. The molecule has 2 aromatic carbocycles. The number of anilines is 1. The fourth-order valence-electron chi connectivity index (χ4n) is 3.68. The van der Waals surface area contributed by atoms with Crippen LogP contribution < -0.4 is 9.62 Å². The van der Waals surface area contributed by atoms with Crippen molar-refractivity contribution in [2.75, 3.05) is 10.6 Å². The highest BCUT2D eigenvalue weighted by Crippen LogP contribution is 2.26. The Hall–Kier alpha value is -2.41. The zero-order chi connectivity index (χ0) is 20.5. The monoisotopic (exact) mass is 404 g/mol. The van der Waals surface area contributed by atoms with Crippen molar-refractivity contribution in [3.05, 3.63) is 65.0 Å². The third-order valence-electron chi connectivity index (χ3n) is 5.15. The third-order valence-corrected chi connectivity index (χ3v) is 6.39.